The fourth-order valence-electron chi connectivity index (χ4n) is 2.51. The minimum absolute atomic E-state index is 0.0988. The third-order valence-corrected chi connectivity index (χ3v) is 3.79. The molecular weight excluding hydrogens is 192 g/mol. The van der Waals surface area contributed by atoms with Crippen molar-refractivity contribution >= 4 is 5.97 Å². The molecule has 0 radical (unpaired) electrons. The number of carbonyl (C=O) groups excluding carboxylic acids is 1. The summed E-state index contributed by atoms with van der Waals surface area (Å²) in [6, 6.07) is 0. The minimum atomic E-state index is -0.361. The van der Waals surface area contributed by atoms with Crippen LogP contribution in [0.5, 0.6) is 0 Å². The number of aliphatic hydroxyl groups excluding tert-OH is 1. The molecule has 1 aliphatic carbocycles. The molecule has 0 spiro atoms. The number of hydrogen-bond acceptors (Lipinski definition) is 3. The second-order valence-electron chi connectivity index (χ2n) is 4.92. The van der Waals surface area contributed by atoms with Gasteiger partial charge < -0.3 is 9.84 Å². The Hall–Kier alpha value is -0.830. The van der Waals surface area contributed by atoms with Gasteiger partial charge in [-0.05, 0) is 38.7 Å². The van der Waals surface area contributed by atoms with Crippen LogP contribution >= 0.6 is 0 Å². The van der Waals surface area contributed by atoms with E-state index >= 15 is 0 Å². The first-order valence-electron chi connectivity index (χ1n) is 5.58. The van der Waals surface area contributed by atoms with Crippen LogP contribution in [0.25, 0.3) is 0 Å². The zero-order valence-electron chi connectivity index (χ0n) is 9.32. The van der Waals surface area contributed by atoms with Crippen LogP contribution in [0.3, 0.4) is 0 Å². The SMILES string of the molecule is CC1=CC[C@@H]([C@@]2(C)CCC(=O)O2)C[C@H]1O. The highest BCUT2D eigenvalue weighted by molar-refractivity contribution is 5.72. The number of rotatable bonds is 1. The molecule has 1 N–H and O–H groups in total. The summed E-state index contributed by atoms with van der Waals surface area (Å²) in [5, 5.41) is 9.78. The third-order valence-electron chi connectivity index (χ3n) is 3.79. The van der Waals surface area contributed by atoms with Crippen molar-refractivity contribution < 1.29 is 14.6 Å². The summed E-state index contributed by atoms with van der Waals surface area (Å²) in [7, 11) is 0. The topological polar surface area (TPSA) is 46.5 Å². The van der Waals surface area contributed by atoms with Crippen LogP contribution < -0.4 is 0 Å². The molecule has 1 fully saturated rings. The molecule has 84 valence electrons. The zero-order valence-corrected chi connectivity index (χ0v) is 9.32. The van der Waals surface area contributed by atoms with Gasteiger partial charge in [0.2, 0.25) is 0 Å². The molecule has 3 atom stereocenters. The van der Waals surface area contributed by atoms with E-state index in [9.17, 15) is 9.90 Å². The van der Waals surface area contributed by atoms with Gasteiger partial charge in [-0.25, -0.2) is 0 Å². The second-order valence-corrected chi connectivity index (χ2v) is 4.92. The van der Waals surface area contributed by atoms with Crippen molar-refractivity contribution in [2.75, 3.05) is 0 Å². The molecule has 0 aromatic rings. The van der Waals surface area contributed by atoms with Crippen LogP contribution in [0.1, 0.15) is 39.5 Å². The molecule has 3 nitrogen and oxygen atoms in total. The van der Waals surface area contributed by atoms with Gasteiger partial charge in [0.15, 0.2) is 0 Å². The van der Waals surface area contributed by atoms with Crippen molar-refractivity contribution in [3.8, 4) is 0 Å². The molecule has 0 bridgehead atoms. The molecule has 2 rings (SSSR count). The maximum atomic E-state index is 11.1. The third kappa shape index (κ3) is 1.93. The van der Waals surface area contributed by atoms with Crippen LogP contribution in [0.15, 0.2) is 11.6 Å². The van der Waals surface area contributed by atoms with Gasteiger partial charge in [0.05, 0.1) is 6.10 Å². The molecule has 1 heterocycles. The molecule has 0 aromatic heterocycles. The molecule has 0 aromatic carbocycles. The monoisotopic (exact) mass is 210 g/mol. The number of esters is 1. The van der Waals surface area contributed by atoms with Gasteiger partial charge >= 0.3 is 5.97 Å². The van der Waals surface area contributed by atoms with Crippen molar-refractivity contribution in [1.29, 1.82) is 0 Å². The molecule has 0 saturated carbocycles. The normalized spacial score (nSPS) is 41.3. The van der Waals surface area contributed by atoms with Gasteiger partial charge in [-0.2, -0.15) is 0 Å². The number of cyclic esters (lactones) is 1. The Morgan fingerprint density at radius 1 is 1.60 bits per heavy atom. The van der Waals surface area contributed by atoms with Gasteiger partial charge in [0.25, 0.3) is 0 Å². The number of allylic oxidation sites excluding steroid dienone is 1. The van der Waals surface area contributed by atoms with E-state index in [0.717, 1.165) is 18.4 Å². The van der Waals surface area contributed by atoms with Crippen molar-refractivity contribution in [1.82, 2.24) is 0 Å². The second kappa shape index (κ2) is 3.63. The van der Waals surface area contributed by atoms with E-state index in [2.05, 4.69) is 6.08 Å². The van der Waals surface area contributed by atoms with Gasteiger partial charge in [0.1, 0.15) is 5.60 Å². The largest absolute Gasteiger partial charge is 0.459 e. The lowest BCUT2D eigenvalue weighted by atomic mass is 9.76. The zero-order chi connectivity index (χ0) is 11.1. The van der Waals surface area contributed by atoms with Crippen LogP contribution in [-0.2, 0) is 9.53 Å². The standard InChI is InChI=1S/C12H18O3/c1-8-3-4-9(7-10(8)13)12(2)6-5-11(14)15-12/h3,9-10,13H,4-7H2,1-2H3/t9-,10-,12-/m1/s1. The number of ether oxygens (including phenoxy) is 1. The maximum Gasteiger partial charge on any atom is 0.306 e. The van der Waals surface area contributed by atoms with Crippen LogP contribution in [0.2, 0.25) is 0 Å². The van der Waals surface area contributed by atoms with E-state index in [1.165, 1.54) is 0 Å². The highest BCUT2D eigenvalue weighted by Crippen LogP contribution is 2.40. The van der Waals surface area contributed by atoms with E-state index in [0.29, 0.717) is 12.8 Å². The summed E-state index contributed by atoms with van der Waals surface area (Å²) >= 11 is 0. The number of hydrogen-bond donors (Lipinski definition) is 1. The molecule has 1 aliphatic heterocycles. The van der Waals surface area contributed by atoms with E-state index < -0.39 is 0 Å². The predicted molar refractivity (Wildman–Crippen MR) is 56.2 cm³/mol. The first-order chi connectivity index (χ1) is 7.01. The Morgan fingerprint density at radius 2 is 2.33 bits per heavy atom. The number of aliphatic hydroxyl groups is 1. The predicted octanol–water partition coefficient (Wildman–Crippen LogP) is 1.80. The maximum absolute atomic E-state index is 11.1. The summed E-state index contributed by atoms with van der Waals surface area (Å²) in [6.45, 7) is 3.94. The van der Waals surface area contributed by atoms with Gasteiger partial charge in [-0.3, -0.25) is 4.79 Å². The van der Waals surface area contributed by atoms with Gasteiger partial charge in [-0.15, -0.1) is 0 Å². The summed E-state index contributed by atoms with van der Waals surface area (Å²) in [5.74, 6) is 0.168. The highest BCUT2D eigenvalue weighted by atomic mass is 16.6. The average Bonchev–Trinajstić information content (AvgIpc) is 2.52. The molecule has 2 aliphatic rings. The summed E-state index contributed by atoms with van der Waals surface area (Å²) in [5.41, 5.74) is 0.689. The van der Waals surface area contributed by atoms with E-state index in [-0.39, 0.29) is 23.6 Å². The van der Waals surface area contributed by atoms with Crippen molar-refractivity contribution in [3.63, 3.8) is 0 Å². The lowest BCUT2D eigenvalue weighted by molar-refractivity contribution is -0.152. The summed E-state index contributed by atoms with van der Waals surface area (Å²) < 4.78 is 5.39. The molecule has 1 saturated heterocycles. The quantitative estimate of drug-likeness (QED) is 0.530. The Balaban J connectivity index is 2.09. The summed E-state index contributed by atoms with van der Waals surface area (Å²) in [6.07, 6.45) is 4.64. The Bertz CT molecular complexity index is 308. The van der Waals surface area contributed by atoms with Crippen molar-refractivity contribution in [2.45, 2.75) is 51.2 Å². The highest BCUT2D eigenvalue weighted by Gasteiger charge is 2.43. The first kappa shape index (κ1) is 10.7. The van der Waals surface area contributed by atoms with E-state index in [4.69, 9.17) is 4.74 Å². The molecule has 3 heteroatoms. The average molecular weight is 210 g/mol. The van der Waals surface area contributed by atoms with E-state index in [1.54, 1.807) is 0 Å². The van der Waals surface area contributed by atoms with Crippen molar-refractivity contribution in [3.05, 3.63) is 11.6 Å². The molecular formula is C12H18O3. The smallest absolute Gasteiger partial charge is 0.306 e. The molecule has 0 amide bonds. The van der Waals surface area contributed by atoms with Crippen LogP contribution in [0, 0.1) is 5.92 Å². The molecule has 15 heavy (non-hydrogen) atoms. The van der Waals surface area contributed by atoms with Crippen LogP contribution in [0.4, 0.5) is 0 Å². The van der Waals surface area contributed by atoms with Gasteiger partial charge in [0, 0.05) is 12.3 Å². The fourth-order valence-corrected chi connectivity index (χ4v) is 2.51. The Labute approximate surface area is 90.1 Å². The summed E-state index contributed by atoms with van der Waals surface area (Å²) in [4.78, 5) is 11.1. The Kier molecular flexibility index (Phi) is 2.59. The fraction of sp³-hybridized carbons (Fsp3) is 0.750. The lowest BCUT2D eigenvalue weighted by Gasteiger charge is -2.36. The first-order valence-corrected chi connectivity index (χ1v) is 5.58. The van der Waals surface area contributed by atoms with Crippen molar-refractivity contribution in [2.24, 2.45) is 5.92 Å². The minimum Gasteiger partial charge on any atom is -0.459 e. The lowest BCUT2D eigenvalue weighted by Crippen LogP contribution is -2.38. The number of carbonyl (C=O) groups is 1. The molecule has 0 unspecified atom stereocenters. The van der Waals surface area contributed by atoms with E-state index in [1.807, 2.05) is 13.8 Å². The van der Waals surface area contributed by atoms with Gasteiger partial charge in [-0.1, -0.05) is 6.08 Å². The Morgan fingerprint density at radius 3 is 2.87 bits per heavy atom. The van der Waals surface area contributed by atoms with Crippen LogP contribution in [-0.4, -0.2) is 22.8 Å².